The van der Waals surface area contributed by atoms with Gasteiger partial charge in [-0.15, -0.1) is 0 Å². The second kappa shape index (κ2) is 7.05. The average Bonchev–Trinajstić information content (AvgIpc) is 2.31. The largest absolute Gasteiger partial charge is 0.384 e. The first kappa shape index (κ1) is 13.7. The van der Waals surface area contributed by atoms with Gasteiger partial charge in [-0.3, -0.25) is 0 Å². The number of nitrogens with zero attached hydrogens (tertiary/aromatic N) is 1. The van der Waals surface area contributed by atoms with Crippen LogP contribution in [0.3, 0.4) is 0 Å². The van der Waals surface area contributed by atoms with Crippen molar-refractivity contribution in [2.45, 2.75) is 20.4 Å². The monoisotopic (exact) mass is 232 g/mol. The Balaban J connectivity index is 2.45. The molecule has 0 saturated heterocycles. The van der Waals surface area contributed by atoms with Gasteiger partial charge in [0.15, 0.2) is 0 Å². The van der Waals surface area contributed by atoms with Crippen LogP contribution in [0.2, 0.25) is 0 Å². The van der Waals surface area contributed by atoms with Crippen molar-refractivity contribution in [2.75, 3.05) is 20.3 Å². The maximum absolute atomic E-state index is 8.78. The standard InChI is InChI=1S/C14H20N2O/c1-11(10-17-3)8-16-9-14-5-4-13(7-15)6-12(14)2/h4-6,11,16H,8-10H2,1-3H3. The zero-order valence-corrected chi connectivity index (χ0v) is 10.8. The lowest BCUT2D eigenvalue weighted by Crippen LogP contribution is -2.23. The molecule has 0 fully saturated rings. The van der Waals surface area contributed by atoms with Crippen molar-refractivity contribution in [2.24, 2.45) is 5.92 Å². The van der Waals surface area contributed by atoms with Gasteiger partial charge in [0, 0.05) is 26.8 Å². The molecule has 0 spiro atoms. The Kier molecular flexibility index (Phi) is 5.68. The van der Waals surface area contributed by atoms with E-state index in [0.717, 1.165) is 30.8 Å². The SMILES string of the molecule is COCC(C)CNCc1ccc(C#N)cc1C. The Labute approximate surface area is 103 Å². The highest BCUT2D eigenvalue weighted by molar-refractivity contribution is 5.37. The molecular formula is C14H20N2O. The summed E-state index contributed by atoms with van der Waals surface area (Å²) in [5, 5.41) is 12.2. The molecule has 0 aliphatic heterocycles. The maximum atomic E-state index is 8.78. The first-order valence-electron chi connectivity index (χ1n) is 5.86. The third kappa shape index (κ3) is 4.56. The molecule has 17 heavy (non-hydrogen) atoms. The fraction of sp³-hybridized carbons (Fsp3) is 0.500. The number of aryl methyl sites for hydroxylation is 1. The number of methoxy groups -OCH3 is 1. The number of hydrogen-bond donors (Lipinski definition) is 1. The Morgan fingerprint density at radius 2 is 2.24 bits per heavy atom. The summed E-state index contributed by atoms with van der Waals surface area (Å²) < 4.78 is 5.08. The van der Waals surface area contributed by atoms with E-state index in [4.69, 9.17) is 10.00 Å². The van der Waals surface area contributed by atoms with E-state index in [2.05, 4.69) is 18.3 Å². The molecule has 1 atom stereocenters. The summed E-state index contributed by atoms with van der Waals surface area (Å²) in [6, 6.07) is 7.95. The van der Waals surface area contributed by atoms with Gasteiger partial charge in [-0.1, -0.05) is 13.0 Å². The van der Waals surface area contributed by atoms with Crippen LogP contribution in [-0.4, -0.2) is 20.3 Å². The molecule has 1 N–H and O–H groups in total. The number of hydrogen-bond acceptors (Lipinski definition) is 3. The van der Waals surface area contributed by atoms with E-state index in [0.29, 0.717) is 5.92 Å². The predicted molar refractivity (Wildman–Crippen MR) is 68.6 cm³/mol. The Morgan fingerprint density at radius 1 is 1.47 bits per heavy atom. The Morgan fingerprint density at radius 3 is 2.82 bits per heavy atom. The van der Waals surface area contributed by atoms with E-state index in [1.807, 2.05) is 25.1 Å². The van der Waals surface area contributed by atoms with Crippen LogP contribution < -0.4 is 5.32 Å². The first-order chi connectivity index (χ1) is 8.17. The highest BCUT2D eigenvalue weighted by Gasteiger charge is 2.03. The molecule has 0 aliphatic rings. The summed E-state index contributed by atoms with van der Waals surface area (Å²) in [7, 11) is 1.72. The van der Waals surface area contributed by atoms with Crippen LogP contribution >= 0.6 is 0 Å². The summed E-state index contributed by atoms with van der Waals surface area (Å²) in [5.41, 5.74) is 3.13. The maximum Gasteiger partial charge on any atom is 0.0991 e. The van der Waals surface area contributed by atoms with Crippen molar-refractivity contribution in [1.82, 2.24) is 5.32 Å². The van der Waals surface area contributed by atoms with E-state index in [-0.39, 0.29) is 0 Å². The minimum Gasteiger partial charge on any atom is -0.384 e. The lowest BCUT2D eigenvalue weighted by molar-refractivity contribution is 0.158. The van der Waals surface area contributed by atoms with Gasteiger partial charge < -0.3 is 10.1 Å². The number of nitriles is 1. The number of rotatable bonds is 6. The van der Waals surface area contributed by atoms with Crippen molar-refractivity contribution < 1.29 is 4.74 Å². The summed E-state index contributed by atoms with van der Waals surface area (Å²) in [4.78, 5) is 0. The minimum atomic E-state index is 0.513. The Bertz CT molecular complexity index is 396. The predicted octanol–water partition coefficient (Wildman–Crippen LogP) is 2.24. The van der Waals surface area contributed by atoms with E-state index in [1.54, 1.807) is 7.11 Å². The van der Waals surface area contributed by atoms with Gasteiger partial charge in [-0.25, -0.2) is 0 Å². The van der Waals surface area contributed by atoms with Crippen LogP contribution in [-0.2, 0) is 11.3 Å². The molecule has 0 heterocycles. The molecule has 0 radical (unpaired) electrons. The number of ether oxygens (including phenoxy) is 1. The van der Waals surface area contributed by atoms with Gasteiger partial charge in [-0.2, -0.15) is 5.26 Å². The van der Waals surface area contributed by atoms with Gasteiger partial charge in [0.05, 0.1) is 11.6 Å². The van der Waals surface area contributed by atoms with Crippen LogP contribution in [0.25, 0.3) is 0 Å². The van der Waals surface area contributed by atoms with Crippen molar-refractivity contribution >= 4 is 0 Å². The summed E-state index contributed by atoms with van der Waals surface area (Å²) in [6.45, 7) is 6.75. The van der Waals surface area contributed by atoms with Crippen molar-refractivity contribution in [3.63, 3.8) is 0 Å². The van der Waals surface area contributed by atoms with Gasteiger partial charge in [-0.05, 0) is 36.1 Å². The van der Waals surface area contributed by atoms with Crippen LogP contribution in [0, 0.1) is 24.2 Å². The molecular weight excluding hydrogens is 212 g/mol. The zero-order valence-electron chi connectivity index (χ0n) is 10.8. The van der Waals surface area contributed by atoms with Crippen LogP contribution in [0.4, 0.5) is 0 Å². The molecule has 0 aromatic heterocycles. The quantitative estimate of drug-likeness (QED) is 0.818. The third-order valence-corrected chi connectivity index (χ3v) is 2.73. The topological polar surface area (TPSA) is 45.0 Å². The molecule has 92 valence electrons. The second-order valence-electron chi connectivity index (χ2n) is 4.44. The molecule has 3 heteroatoms. The van der Waals surface area contributed by atoms with Crippen LogP contribution in [0.15, 0.2) is 18.2 Å². The van der Waals surface area contributed by atoms with Crippen molar-refractivity contribution in [3.8, 4) is 6.07 Å². The molecule has 1 aromatic rings. The highest BCUT2D eigenvalue weighted by Crippen LogP contribution is 2.10. The van der Waals surface area contributed by atoms with E-state index in [1.165, 1.54) is 5.56 Å². The minimum absolute atomic E-state index is 0.513. The fourth-order valence-electron chi connectivity index (χ4n) is 1.76. The first-order valence-corrected chi connectivity index (χ1v) is 5.86. The summed E-state index contributed by atoms with van der Waals surface area (Å²) >= 11 is 0. The number of nitrogens with one attached hydrogen (secondary N) is 1. The molecule has 0 aliphatic carbocycles. The Hall–Kier alpha value is -1.37. The van der Waals surface area contributed by atoms with Crippen LogP contribution in [0.5, 0.6) is 0 Å². The lowest BCUT2D eigenvalue weighted by atomic mass is 10.1. The fourth-order valence-corrected chi connectivity index (χ4v) is 1.76. The molecule has 1 unspecified atom stereocenters. The average molecular weight is 232 g/mol. The van der Waals surface area contributed by atoms with Gasteiger partial charge >= 0.3 is 0 Å². The van der Waals surface area contributed by atoms with Crippen LogP contribution in [0.1, 0.15) is 23.6 Å². The molecule has 0 saturated carbocycles. The number of benzene rings is 1. The van der Waals surface area contributed by atoms with Crippen molar-refractivity contribution in [3.05, 3.63) is 34.9 Å². The molecule has 0 amide bonds. The normalized spacial score (nSPS) is 12.1. The highest BCUT2D eigenvalue weighted by atomic mass is 16.5. The van der Waals surface area contributed by atoms with E-state index >= 15 is 0 Å². The van der Waals surface area contributed by atoms with Gasteiger partial charge in [0.25, 0.3) is 0 Å². The molecule has 3 nitrogen and oxygen atoms in total. The van der Waals surface area contributed by atoms with E-state index < -0.39 is 0 Å². The molecule has 1 aromatic carbocycles. The lowest BCUT2D eigenvalue weighted by Gasteiger charge is -2.12. The third-order valence-electron chi connectivity index (χ3n) is 2.73. The molecule has 0 bridgehead atoms. The van der Waals surface area contributed by atoms with Gasteiger partial charge in [0.1, 0.15) is 0 Å². The summed E-state index contributed by atoms with van der Waals surface area (Å²) in [6.07, 6.45) is 0. The second-order valence-corrected chi connectivity index (χ2v) is 4.44. The van der Waals surface area contributed by atoms with Crippen molar-refractivity contribution in [1.29, 1.82) is 5.26 Å². The zero-order chi connectivity index (χ0) is 12.7. The van der Waals surface area contributed by atoms with Gasteiger partial charge in [0.2, 0.25) is 0 Å². The smallest absolute Gasteiger partial charge is 0.0991 e. The van der Waals surface area contributed by atoms with E-state index in [9.17, 15) is 0 Å². The summed E-state index contributed by atoms with van der Waals surface area (Å²) in [5.74, 6) is 0.513. The molecule has 1 rings (SSSR count).